The Balaban J connectivity index is 1.59. The Morgan fingerprint density at radius 2 is 1.48 bits per heavy atom. The molecule has 0 unspecified atom stereocenters. The highest BCUT2D eigenvalue weighted by Crippen LogP contribution is 2.22. The van der Waals surface area contributed by atoms with E-state index < -0.39 is 95.9 Å². The molecule has 0 bridgehead atoms. The fourth-order valence-corrected chi connectivity index (χ4v) is 7.58. The van der Waals surface area contributed by atoms with Gasteiger partial charge in [0.25, 0.3) is 0 Å². The summed E-state index contributed by atoms with van der Waals surface area (Å²) in [6.07, 6.45) is 3.62. The summed E-state index contributed by atoms with van der Waals surface area (Å²) >= 11 is 0. The van der Waals surface area contributed by atoms with Gasteiger partial charge in [-0.05, 0) is 77.0 Å². The Labute approximate surface area is 381 Å². The SMILES string of the molecule is C[C@@H](O)[C@H](N)C(=O)N[C@@H](Cc1c[nH]cn1)C(=O)N[C@@H](CCCCN)C(=O)N[C@@H](CCCNC(=N)N)C(=O)N1CCC[C@H]1C(=O)N[C@@H](Cc1c[nH]c2ccccc12)C(=O)N[C@H](C(N)=O)[C@@H](C)O. The molecule has 0 spiro atoms. The van der Waals surface area contributed by atoms with Crippen molar-refractivity contribution in [2.45, 2.75) is 126 Å². The minimum atomic E-state index is -1.47. The second-order valence-electron chi connectivity index (χ2n) is 16.4. The van der Waals surface area contributed by atoms with Crippen LogP contribution in [0.2, 0.25) is 0 Å². The van der Waals surface area contributed by atoms with E-state index in [0.717, 1.165) is 10.9 Å². The number of primary amides is 1. The molecule has 9 atom stereocenters. The van der Waals surface area contributed by atoms with Gasteiger partial charge in [-0.1, -0.05) is 18.2 Å². The molecule has 3 aromatic rings. The fraction of sp³-hybridized carbons (Fsp3) is 0.548. The predicted octanol–water partition coefficient (Wildman–Crippen LogP) is -3.94. The van der Waals surface area contributed by atoms with Crippen LogP contribution in [0.25, 0.3) is 10.9 Å². The van der Waals surface area contributed by atoms with Crippen molar-refractivity contribution in [2.24, 2.45) is 22.9 Å². The van der Waals surface area contributed by atoms with E-state index in [1.165, 1.54) is 31.3 Å². The normalized spacial score (nSPS) is 17.2. The number of amides is 7. The molecule has 24 heteroatoms. The van der Waals surface area contributed by atoms with E-state index in [1.54, 1.807) is 6.20 Å². The highest BCUT2D eigenvalue weighted by Gasteiger charge is 2.40. The maximum atomic E-state index is 14.6. The first-order valence-electron chi connectivity index (χ1n) is 22.0. The summed E-state index contributed by atoms with van der Waals surface area (Å²) in [5.74, 6) is -5.78. The first-order chi connectivity index (χ1) is 31.4. The highest BCUT2D eigenvalue weighted by molar-refractivity contribution is 5.98. The Morgan fingerprint density at radius 3 is 2.14 bits per heavy atom. The minimum absolute atomic E-state index is 0.00762. The van der Waals surface area contributed by atoms with Gasteiger partial charge in [-0.2, -0.15) is 0 Å². The van der Waals surface area contributed by atoms with E-state index in [-0.39, 0.29) is 64.1 Å². The second-order valence-corrected chi connectivity index (χ2v) is 16.4. The summed E-state index contributed by atoms with van der Waals surface area (Å²) in [4.78, 5) is 107. The van der Waals surface area contributed by atoms with Crippen LogP contribution in [-0.2, 0) is 46.4 Å². The summed E-state index contributed by atoms with van der Waals surface area (Å²) in [6, 6.07) is -1.72. The summed E-state index contributed by atoms with van der Waals surface area (Å²) in [5.41, 5.74) is 24.4. The third-order valence-electron chi connectivity index (χ3n) is 11.3. The van der Waals surface area contributed by atoms with Gasteiger partial charge in [0.2, 0.25) is 41.4 Å². The van der Waals surface area contributed by atoms with Crippen molar-refractivity contribution in [1.29, 1.82) is 5.41 Å². The monoisotopic (exact) mass is 924 g/mol. The van der Waals surface area contributed by atoms with Gasteiger partial charge in [0.05, 0.1) is 24.2 Å². The number of likely N-dealkylation sites (tertiary alicyclic amines) is 1. The zero-order valence-corrected chi connectivity index (χ0v) is 37.2. The number of imidazole rings is 1. The second kappa shape index (κ2) is 25.2. The average Bonchev–Trinajstić information content (AvgIpc) is 4.07. The van der Waals surface area contributed by atoms with Crippen molar-refractivity contribution >= 4 is 58.2 Å². The molecule has 1 aliphatic rings. The van der Waals surface area contributed by atoms with Crippen LogP contribution < -0.4 is 54.8 Å². The number of nitrogens with two attached hydrogens (primary N) is 4. The van der Waals surface area contributed by atoms with E-state index in [0.29, 0.717) is 30.5 Å². The van der Waals surface area contributed by atoms with Crippen molar-refractivity contribution in [3.63, 3.8) is 0 Å². The number of unbranched alkanes of at least 4 members (excludes halogenated alkanes) is 1. The molecule has 1 fully saturated rings. The van der Waals surface area contributed by atoms with Crippen LogP contribution in [0.15, 0.2) is 43.0 Å². The molecule has 1 aromatic carbocycles. The summed E-state index contributed by atoms with van der Waals surface area (Å²) in [7, 11) is 0. The zero-order valence-electron chi connectivity index (χ0n) is 37.2. The topological polar surface area (TPSA) is 408 Å². The van der Waals surface area contributed by atoms with E-state index in [1.807, 2.05) is 24.3 Å². The van der Waals surface area contributed by atoms with Crippen molar-refractivity contribution < 1.29 is 43.8 Å². The van der Waals surface area contributed by atoms with Gasteiger partial charge < -0.3 is 79.9 Å². The maximum absolute atomic E-state index is 14.6. The Kier molecular flexibility index (Phi) is 19.8. The number of aromatic nitrogens is 3. The van der Waals surface area contributed by atoms with E-state index in [4.69, 9.17) is 28.3 Å². The van der Waals surface area contributed by atoms with Crippen molar-refractivity contribution in [3.05, 3.63) is 54.2 Å². The quantitative estimate of drug-likeness (QED) is 0.0208. The van der Waals surface area contributed by atoms with Crippen LogP contribution in [0.1, 0.15) is 70.1 Å². The van der Waals surface area contributed by atoms with Gasteiger partial charge in [0.1, 0.15) is 42.3 Å². The average molecular weight is 924 g/mol. The van der Waals surface area contributed by atoms with Crippen LogP contribution in [-0.4, -0.2) is 152 Å². The Bertz CT molecular complexity index is 2130. The number of guanidine groups is 1. The molecule has 19 N–H and O–H groups in total. The molecular weight excluding hydrogens is 859 g/mol. The minimum Gasteiger partial charge on any atom is -0.391 e. The third kappa shape index (κ3) is 15.0. The van der Waals surface area contributed by atoms with Crippen molar-refractivity contribution in [1.82, 2.24) is 51.8 Å². The smallest absolute Gasteiger partial charge is 0.245 e. The van der Waals surface area contributed by atoms with Gasteiger partial charge in [-0.15, -0.1) is 0 Å². The van der Waals surface area contributed by atoms with E-state index >= 15 is 0 Å². The Hall–Kier alpha value is -6.63. The van der Waals surface area contributed by atoms with Crippen molar-refractivity contribution in [3.8, 4) is 0 Å². The van der Waals surface area contributed by atoms with Crippen LogP contribution in [0.5, 0.6) is 0 Å². The lowest BCUT2D eigenvalue weighted by Gasteiger charge is -2.31. The number of aromatic amines is 2. The first-order valence-corrected chi connectivity index (χ1v) is 22.0. The standard InChI is InChI=1S/C42H65N15O9/c1-22(58)33(44)40(65)55-31(18-25-20-48-21-51-25)37(62)52-28(11-5-6-14-43)36(61)53-29(12-7-15-49-42(46)47)41(66)57-16-8-13-32(57)39(64)54-30(38(63)56-34(23(2)59)35(45)60)17-24-19-50-27-10-4-3-9-26(24)27/h3-4,9-10,19-23,28-34,50,58-59H,5-8,11-18,43-44H2,1-2H3,(H2,45,60)(H,48,51)(H,52,62)(H,53,61)(H,54,64)(H,55,65)(H,56,63)(H4,46,47,49)/t22-,23-,28+,29+,30+,31+,32+,33+,34+/m1/s1. The van der Waals surface area contributed by atoms with Crippen LogP contribution in [0.4, 0.5) is 0 Å². The van der Waals surface area contributed by atoms with E-state index in [2.05, 4.69) is 46.9 Å². The first kappa shape index (κ1) is 52.0. The molecule has 362 valence electrons. The fourth-order valence-electron chi connectivity index (χ4n) is 7.58. The molecular formula is C42H65N15O9. The number of benzene rings is 1. The zero-order chi connectivity index (χ0) is 48.5. The van der Waals surface area contributed by atoms with Crippen LogP contribution in [0.3, 0.4) is 0 Å². The number of aliphatic hydroxyl groups excluding tert-OH is 2. The largest absolute Gasteiger partial charge is 0.391 e. The third-order valence-corrected chi connectivity index (χ3v) is 11.3. The number of para-hydroxylation sites is 1. The molecule has 1 saturated heterocycles. The lowest BCUT2D eigenvalue weighted by Crippen LogP contribution is -2.60. The number of rotatable bonds is 26. The number of hydrogen-bond acceptors (Lipinski definition) is 13. The molecule has 4 rings (SSSR count). The van der Waals surface area contributed by atoms with Gasteiger partial charge in [-0.25, -0.2) is 4.98 Å². The van der Waals surface area contributed by atoms with Crippen LogP contribution in [0, 0.1) is 5.41 Å². The molecule has 0 aliphatic carbocycles. The molecule has 0 radical (unpaired) electrons. The number of aliphatic hydroxyl groups is 2. The highest BCUT2D eigenvalue weighted by atomic mass is 16.3. The lowest BCUT2D eigenvalue weighted by atomic mass is 10.0. The van der Waals surface area contributed by atoms with Crippen molar-refractivity contribution in [2.75, 3.05) is 19.6 Å². The van der Waals surface area contributed by atoms with E-state index in [9.17, 15) is 43.8 Å². The molecule has 3 heterocycles. The predicted molar refractivity (Wildman–Crippen MR) is 241 cm³/mol. The van der Waals surface area contributed by atoms with Gasteiger partial charge in [0.15, 0.2) is 5.96 Å². The molecule has 1 aliphatic heterocycles. The van der Waals surface area contributed by atoms with Gasteiger partial charge in [0, 0.05) is 49.2 Å². The molecule has 24 nitrogen and oxygen atoms in total. The summed E-state index contributed by atoms with van der Waals surface area (Å²) in [5, 5.41) is 44.3. The van der Waals surface area contributed by atoms with Gasteiger partial charge >= 0.3 is 0 Å². The maximum Gasteiger partial charge on any atom is 0.245 e. The number of carbonyl (C=O) groups excluding carboxylic acids is 7. The molecule has 7 amide bonds. The number of hydrogen-bond donors (Lipinski definition) is 15. The molecule has 2 aromatic heterocycles. The molecule has 66 heavy (non-hydrogen) atoms. The number of H-pyrrole nitrogens is 2. The van der Waals surface area contributed by atoms with Gasteiger partial charge in [-0.3, -0.25) is 39.0 Å². The number of carbonyl (C=O) groups is 7. The number of fused-ring (bicyclic) bond motifs is 1. The van der Waals surface area contributed by atoms with Crippen LogP contribution >= 0.6 is 0 Å². The number of nitrogens with one attached hydrogen (secondary N) is 9. The lowest BCUT2D eigenvalue weighted by molar-refractivity contribution is -0.143. The Morgan fingerprint density at radius 1 is 0.833 bits per heavy atom. The summed E-state index contributed by atoms with van der Waals surface area (Å²) < 4.78 is 0. The number of nitrogens with zero attached hydrogens (tertiary/aromatic N) is 2. The molecule has 0 saturated carbocycles. The summed E-state index contributed by atoms with van der Waals surface area (Å²) in [6.45, 7) is 3.15.